The Bertz CT molecular complexity index is 220. The highest BCUT2D eigenvalue weighted by Gasteiger charge is 2.14. The smallest absolute Gasteiger partial charge is 0.310 e. The fraction of sp³-hybridized carbons (Fsp3) is 0.500. The Balaban J connectivity index is 4.77. The van der Waals surface area contributed by atoms with Gasteiger partial charge in [0.2, 0.25) is 0 Å². The molecule has 0 radical (unpaired) electrons. The number of hydrogen-bond acceptors (Lipinski definition) is 1. The van der Waals surface area contributed by atoms with E-state index in [0.717, 1.165) is 11.1 Å². The van der Waals surface area contributed by atoms with Gasteiger partial charge in [0, 0.05) is 0 Å². The highest BCUT2D eigenvalue weighted by atomic mass is 16.4. The Labute approximate surface area is 73.6 Å². The summed E-state index contributed by atoms with van der Waals surface area (Å²) in [6.07, 6.45) is 3.72. The van der Waals surface area contributed by atoms with Crippen molar-refractivity contribution in [3.8, 4) is 0 Å². The van der Waals surface area contributed by atoms with Gasteiger partial charge in [-0.1, -0.05) is 17.7 Å². The van der Waals surface area contributed by atoms with Crippen LogP contribution in [-0.4, -0.2) is 11.1 Å². The molecule has 0 spiro atoms. The van der Waals surface area contributed by atoms with Gasteiger partial charge in [-0.3, -0.25) is 4.79 Å². The van der Waals surface area contributed by atoms with Crippen molar-refractivity contribution in [2.45, 2.75) is 27.7 Å². The second kappa shape index (κ2) is 4.75. The zero-order chi connectivity index (χ0) is 9.72. The van der Waals surface area contributed by atoms with Crippen molar-refractivity contribution in [2.24, 2.45) is 5.92 Å². The van der Waals surface area contributed by atoms with Crippen LogP contribution in [0, 0.1) is 5.92 Å². The first-order valence-corrected chi connectivity index (χ1v) is 4.03. The van der Waals surface area contributed by atoms with Crippen LogP contribution in [0.5, 0.6) is 0 Å². The molecule has 1 N–H and O–H groups in total. The summed E-state index contributed by atoms with van der Waals surface area (Å²) in [4.78, 5) is 10.7. The van der Waals surface area contributed by atoms with E-state index < -0.39 is 11.9 Å². The molecule has 1 unspecified atom stereocenters. The first-order valence-electron chi connectivity index (χ1n) is 4.03. The van der Waals surface area contributed by atoms with Gasteiger partial charge in [-0.15, -0.1) is 0 Å². The molecule has 2 heteroatoms. The topological polar surface area (TPSA) is 37.3 Å². The Morgan fingerprint density at radius 2 is 1.92 bits per heavy atom. The number of rotatable bonds is 3. The normalized spacial score (nSPS) is 13.0. The van der Waals surface area contributed by atoms with E-state index in [1.54, 1.807) is 6.92 Å². The Morgan fingerprint density at radius 3 is 2.17 bits per heavy atom. The SMILES string of the molecule is CC=CC(=C(C)C)C(C)C(=O)O. The average molecular weight is 168 g/mol. The van der Waals surface area contributed by atoms with Crippen LogP contribution in [-0.2, 0) is 4.79 Å². The molecule has 0 saturated heterocycles. The monoisotopic (exact) mass is 168 g/mol. The number of allylic oxidation sites excluding steroid dienone is 3. The lowest BCUT2D eigenvalue weighted by Gasteiger charge is -2.09. The molecule has 0 aromatic heterocycles. The fourth-order valence-corrected chi connectivity index (χ4v) is 1.06. The summed E-state index contributed by atoms with van der Waals surface area (Å²) in [5.74, 6) is -1.18. The average Bonchev–Trinajstić information content (AvgIpc) is 1.98. The van der Waals surface area contributed by atoms with Gasteiger partial charge < -0.3 is 5.11 Å². The van der Waals surface area contributed by atoms with Gasteiger partial charge in [-0.25, -0.2) is 0 Å². The predicted octanol–water partition coefficient (Wildman–Crippen LogP) is 2.62. The van der Waals surface area contributed by atoms with E-state index in [9.17, 15) is 4.79 Å². The molecule has 2 nitrogen and oxygen atoms in total. The number of carboxylic acid groups (broad SMARTS) is 1. The van der Waals surface area contributed by atoms with Gasteiger partial charge in [-0.2, -0.15) is 0 Å². The summed E-state index contributed by atoms with van der Waals surface area (Å²) < 4.78 is 0. The molecule has 0 fully saturated rings. The van der Waals surface area contributed by atoms with Gasteiger partial charge in [0.15, 0.2) is 0 Å². The molecule has 1 atom stereocenters. The number of aliphatic carboxylic acids is 1. The molecule has 0 aliphatic heterocycles. The second-order valence-corrected chi connectivity index (χ2v) is 3.02. The molecule has 0 aromatic carbocycles. The lowest BCUT2D eigenvalue weighted by Crippen LogP contribution is -2.12. The van der Waals surface area contributed by atoms with Crippen molar-refractivity contribution in [2.75, 3.05) is 0 Å². The predicted molar refractivity (Wildman–Crippen MR) is 50.0 cm³/mol. The molecule has 12 heavy (non-hydrogen) atoms. The van der Waals surface area contributed by atoms with Crippen LogP contribution in [0.15, 0.2) is 23.3 Å². The van der Waals surface area contributed by atoms with E-state index in [0.29, 0.717) is 0 Å². The second-order valence-electron chi connectivity index (χ2n) is 3.02. The van der Waals surface area contributed by atoms with Crippen LogP contribution in [0.3, 0.4) is 0 Å². The maximum atomic E-state index is 10.7. The summed E-state index contributed by atoms with van der Waals surface area (Å²) in [6.45, 7) is 7.44. The van der Waals surface area contributed by atoms with Gasteiger partial charge in [0.05, 0.1) is 5.92 Å². The minimum absolute atomic E-state index is 0.411. The lowest BCUT2D eigenvalue weighted by atomic mass is 9.97. The molecule has 68 valence electrons. The van der Waals surface area contributed by atoms with Crippen molar-refractivity contribution in [3.63, 3.8) is 0 Å². The van der Waals surface area contributed by atoms with Crippen molar-refractivity contribution in [1.29, 1.82) is 0 Å². The van der Waals surface area contributed by atoms with E-state index in [-0.39, 0.29) is 0 Å². The van der Waals surface area contributed by atoms with Crippen LogP contribution in [0.4, 0.5) is 0 Å². The van der Waals surface area contributed by atoms with Crippen molar-refractivity contribution in [1.82, 2.24) is 0 Å². The minimum atomic E-state index is -0.774. The van der Waals surface area contributed by atoms with E-state index in [2.05, 4.69) is 0 Å². The molecule has 0 rings (SSSR count). The summed E-state index contributed by atoms with van der Waals surface area (Å²) in [5, 5.41) is 8.76. The summed E-state index contributed by atoms with van der Waals surface area (Å²) >= 11 is 0. The van der Waals surface area contributed by atoms with Gasteiger partial charge in [0.25, 0.3) is 0 Å². The Hall–Kier alpha value is -1.05. The highest BCUT2D eigenvalue weighted by Crippen LogP contribution is 2.16. The maximum absolute atomic E-state index is 10.7. The largest absolute Gasteiger partial charge is 0.481 e. The third-order valence-corrected chi connectivity index (χ3v) is 1.76. The van der Waals surface area contributed by atoms with E-state index >= 15 is 0 Å². The molecule has 0 amide bonds. The maximum Gasteiger partial charge on any atom is 0.310 e. The third-order valence-electron chi connectivity index (χ3n) is 1.76. The molecule has 0 aliphatic rings. The van der Waals surface area contributed by atoms with Crippen molar-refractivity contribution < 1.29 is 9.90 Å². The fourth-order valence-electron chi connectivity index (χ4n) is 1.06. The molecular weight excluding hydrogens is 152 g/mol. The Kier molecular flexibility index (Phi) is 4.34. The molecule has 0 aliphatic carbocycles. The first kappa shape index (κ1) is 11.0. The third kappa shape index (κ3) is 2.91. The van der Waals surface area contributed by atoms with Crippen LogP contribution < -0.4 is 0 Å². The number of carbonyl (C=O) groups is 1. The zero-order valence-corrected chi connectivity index (χ0v) is 8.09. The molecule has 0 heterocycles. The quantitative estimate of drug-likeness (QED) is 0.658. The molecule has 0 saturated carbocycles. The number of hydrogen-bond donors (Lipinski definition) is 1. The van der Waals surface area contributed by atoms with Crippen LogP contribution in [0.25, 0.3) is 0 Å². The van der Waals surface area contributed by atoms with Gasteiger partial charge >= 0.3 is 5.97 Å². The standard InChI is InChI=1S/C10H16O2/c1-5-6-9(7(2)3)8(4)10(11)12/h5-6,8H,1-4H3,(H,11,12). The van der Waals surface area contributed by atoms with Crippen LogP contribution >= 0.6 is 0 Å². The van der Waals surface area contributed by atoms with E-state index in [1.165, 1.54) is 0 Å². The molecular formula is C10H16O2. The molecule has 0 bridgehead atoms. The molecule has 0 aromatic rings. The van der Waals surface area contributed by atoms with Gasteiger partial charge in [0.1, 0.15) is 0 Å². The first-order chi connectivity index (χ1) is 5.50. The Morgan fingerprint density at radius 1 is 1.42 bits per heavy atom. The van der Waals surface area contributed by atoms with Gasteiger partial charge in [-0.05, 0) is 33.3 Å². The highest BCUT2D eigenvalue weighted by molar-refractivity contribution is 5.74. The van der Waals surface area contributed by atoms with E-state index in [4.69, 9.17) is 5.11 Å². The van der Waals surface area contributed by atoms with E-state index in [1.807, 2.05) is 32.9 Å². The zero-order valence-electron chi connectivity index (χ0n) is 8.09. The van der Waals surface area contributed by atoms with Crippen molar-refractivity contribution >= 4 is 5.97 Å². The minimum Gasteiger partial charge on any atom is -0.481 e. The van der Waals surface area contributed by atoms with Crippen molar-refractivity contribution in [3.05, 3.63) is 23.3 Å². The van der Waals surface area contributed by atoms with Crippen LogP contribution in [0.2, 0.25) is 0 Å². The van der Waals surface area contributed by atoms with Crippen LogP contribution in [0.1, 0.15) is 27.7 Å². The lowest BCUT2D eigenvalue weighted by molar-refractivity contribution is -0.139. The summed E-state index contributed by atoms with van der Waals surface area (Å²) in [6, 6.07) is 0. The number of carboxylic acids is 1. The summed E-state index contributed by atoms with van der Waals surface area (Å²) in [7, 11) is 0. The summed E-state index contributed by atoms with van der Waals surface area (Å²) in [5.41, 5.74) is 1.95.